The van der Waals surface area contributed by atoms with Crippen LogP contribution in [0.25, 0.3) is 0 Å². The molecular formula is C16H20N2O. The summed E-state index contributed by atoms with van der Waals surface area (Å²) in [5.41, 5.74) is 8.98. The average molecular weight is 256 g/mol. The fraction of sp³-hybridized carbons (Fsp3) is 0.250. The molecule has 0 aliphatic heterocycles. The third-order valence-electron chi connectivity index (χ3n) is 2.93. The van der Waals surface area contributed by atoms with Crippen molar-refractivity contribution in [2.75, 3.05) is 11.9 Å². The molecule has 0 aliphatic rings. The molecule has 0 bridgehead atoms. The predicted octanol–water partition coefficient (Wildman–Crippen LogP) is 3.16. The maximum Gasteiger partial charge on any atom is 0.142 e. The normalized spacial score (nSPS) is 10.2. The molecule has 0 saturated heterocycles. The second-order valence-electron chi connectivity index (χ2n) is 4.30. The van der Waals surface area contributed by atoms with Gasteiger partial charge in [0, 0.05) is 13.1 Å². The quantitative estimate of drug-likeness (QED) is 0.834. The molecule has 2 aromatic carbocycles. The van der Waals surface area contributed by atoms with Crippen LogP contribution in [-0.2, 0) is 13.1 Å². The number of hydrogen-bond donors (Lipinski definition) is 2. The van der Waals surface area contributed by atoms with Gasteiger partial charge >= 0.3 is 0 Å². The Morgan fingerprint density at radius 3 is 2.37 bits per heavy atom. The Balaban J connectivity index is 2.01. The van der Waals surface area contributed by atoms with Crippen molar-refractivity contribution in [1.29, 1.82) is 0 Å². The lowest BCUT2D eigenvalue weighted by molar-refractivity contribution is 0.341. The topological polar surface area (TPSA) is 47.3 Å². The molecule has 0 atom stereocenters. The Morgan fingerprint density at radius 2 is 1.68 bits per heavy atom. The predicted molar refractivity (Wildman–Crippen MR) is 79.3 cm³/mol. The molecule has 19 heavy (non-hydrogen) atoms. The lowest BCUT2D eigenvalue weighted by atomic mass is 10.1. The van der Waals surface area contributed by atoms with Gasteiger partial charge in [-0.2, -0.15) is 0 Å². The first kappa shape index (κ1) is 13.4. The molecule has 0 aliphatic carbocycles. The molecule has 0 heterocycles. The Morgan fingerprint density at radius 1 is 1.00 bits per heavy atom. The second kappa shape index (κ2) is 6.81. The number of rotatable bonds is 6. The molecule has 0 fully saturated rings. The largest absolute Gasteiger partial charge is 0.492 e. The number of benzene rings is 2. The van der Waals surface area contributed by atoms with Gasteiger partial charge in [-0.15, -0.1) is 0 Å². The van der Waals surface area contributed by atoms with E-state index in [-0.39, 0.29) is 0 Å². The van der Waals surface area contributed by atoms with Crippen LogP contribution in [0.3, 0.4) is 0 Å². The van der Waals surface area contributed by atoms with E-state index < -0.39 is 0 Å². The third kappa shape index (κ3) is 3.73. The van der Waals surface area contributed by atoms with E-state index in [0.29, 0.717) is 13.2 Å². The molecule has 0 saturated carbocycles. The smallest absolute Gasteiger partial charge is 0.142 e. The van der Waals surface area contributed by atoms with Crippen LogP contribution < -0.4 is 15.8 Å². The molecule has 0 amide bonds. The van der Waals surface area contributed by atoms with Gasteiger partial charge in [-0.1, -0.05) is 36.4 Å². The second-order valence-corrected chi connectivity index (χ2v) is 4.30. The molecule has 3 heteroatoms. The minimum Gasteiger partial charge on any atom is -0.492 e. The number of hydrogen-bond acceptors (Lipinski definition) is 3. The summed E-state index contributed by atoms with van der Waals surface area (Å²) in [5, 5.41) is 3.40. The summed E-state index contributed by atoms with van der Waals surface area (Å²) in [6.45, 7) is 4.02. The van der Waals surface area contributed by atoms with Crippen molar-refractivity contribution < 1.29 is 4.74 Å². The van der Waals surface area contributed by atoms with Gasteiger partial charge in [0.1, 0.15) is 5.75 Å². The standard InChI is InChI=1S/C16H20N2O/c1-2-19-16-6-4-3-5-15(16)18-12-14-9-7-13(11-17)8-10-14/h3-10,18H,2,11-12,17H2,1H3. The summed E-state index contributed by atoms with van der Waals surface area (Å²) in [7, 11) is 0. The SMILES string of the molecule is CCOc1ccccc1NCc1ccc(CN)cc1. The van der Waals surface area contributed by atoms with Crippen molar-refractivity contribution in [1.82, 2.24) is 0 Å². The van der Waals surface area contributed by atoms with Gasteiger partial charge in [-0.3, -0.25) is 0 Å². The van der Waals surface area contributed by atoms with E-state index in [0.717, 1.165) is 23.5 Å². The summed E-state index contributed by atoms with van der Waals surface area (Å²) < 4.78 is 5.58. The van der Waals surface area contributed by atoms with Crippen LogP contribution in [0.2, 0.25) is 0 Å². The molecule has 2 aromatic rings. The Hall–Kier alpha value is -2.00. The number of ether oxygens (including phenoxy) is 1. The Labute approximate surface area is 114 Å². The van der Waals surface area contributed by atoms with E-state index in [2.05, 4.69) is 29.6 Å². The zero-order valence-corrected chi connectivity index (χ0v) is 11.2. The molecule has 100 valence electrons. The summed E-state index contributed by atoms with van der Waals surface area (Å²) in [6, 6.07) is 16.3. The highest BCUT2D eigenvalue weighted by atomic mass is 16.5. The van der Waals surface area contributed by atoms with E-state index in [4.69, 9.17) is 10.5 Å². The van der Waals surface area contributed by atoms with Gasteiger partial charge in [-0.25, -0.2) is 0 Å². The van der Waals surface area contributed by atoms with Gasteiger partial charge in [0.25, 0.3) is 0 Å². The van der Waals surface area contributed by atoms with Crippen molar-refractivity contribution in [3.05, 3.63) is 59.7 Å². The average Bonchev–Trinajstić information content (AvgIpc) is 2.47. The van der Waals surface area contributed by atoms with Crippen LogP contribution in [0, 0.1) is 0 Å². The number of para-hydroxylation sites is 2. The van der Waals surface area contributed by atoms with Gasteiger partial charge in [-0.05, 0) is 30.2 Å². The van der Waals surface area contributed by atoms with E-state index in [1.54, 1.807) is 0 Å². The van der Waals surface area contributed by atoms with E-state index >= 15 is 0 Å². The van der Waals surface area contributed by atoms with Crippen molar-refractivity contribution in [2.45, 2.75) is 20.0 Å². The third-order valence-corrected chi connectivity index (χ3v) is 2.93. The maximum atomic E-state index is 5.59. The molecule has 0 aromatic heterocycles. The summed E-state index contributed by atoms with van der Waals surface area (Å²) in [5.74, 6) is 0.892. The highest BCUT2D eigenvalue weighted by Gasteiger charge is 2.01. The maximum absolute atomic E-state index is 5.59. The van der Waals surface area contributed by atoms with Crippen molar-refractivity contribution >= 4 is 5.69 Å². The minimum absolute atomic E-state index is 0.584. The first-order chi connectivity index (χ1) is 9.33. The van der Waals surface area contributed by atoms with Crippen LogP contribution in [0.15, 0.2) is 48.5 Å². The molecule has 0 unspecified atom stereocenters. The highest BCUT2D eigenvalue weighted by molar-refractivity contribution is 5.56. The molecule has 2 rings (SSSR count). The number of nitrogens with two attached hydrogens (primary N) is 1. The van der Waals surface area contributed by atoms with Gasteiger partial charge in [0.15, 0.2) is 0 Å². The van der Waals surface area contributed by atoms with Gasteiger partial charge in [0.05, 0.1) is 12.3 Å². The van der Waals surface area contributed by atoms with E-state index in [1.807, 2.05) is 31.2 Å². The van der Waals surface area contributed by atoms with Crippen molar-refractivity contribution in [2.24, 2.45) is 5.73 Å². The van der Waals surface area contributed by atoms with Crippen molar-refractivity contribution in [3.63, 3.8) is 0 Å². The lowest BCUT2D eigenvalue weighted by Gasteiger charge is -2.12. The summed E-state index contributed by atoms with van der Waals surface area (Å²) in [4.78, 5) is 0. The van der Waals surface area contributed by atoms with Crippen LogP contribution in [0.1, 0.15) is 18.1 Å². The van der Waals surface area contributed by atoms with Crippen molar-refractivity contribution in [3.8, 4) is 5.75 Å². The Bertz CT molecular complexity index is 508. The van der Waals surface area contributed by atoms with Crippen LogP contribution in [0.4, 0.5) is 5.69 Å². The molecule has 3 nitrogen and oxygen atoms in total. The van der Waals surface area contributed by atoms with Gasteiger partial charge in [0.2, 0.25) is 0 Å². The number of nitrogens with one attached hydrogen (secondary N) is 1. The summed E-state index contributed by atoms with van der Waals surface area (Å²) in [6.07, 6.45) is 0. The first-order valence-corrected chi connectivity index (χ1v) is 6.57. The number of anilines is 1. The van der Waals surface area contributed by atoms with E-state index in [1.165, 1.54) is 5.56 Å². The lowest BCUT2D eigenvalue weighted by Crippen LogP contribution is -2.03. The van der Waals surface area contributed by atoms with Crippen LogP contribution in [-0.4, -0.2) is 6.61 Å². The fourth-order valence-electron chi connectivity index (χ4n) is 1.88. The monoisotopic (exact) mass is 256 g/mol. The summed E-state index contributed by atoms with van der Waals surface area (Å²) >= 11 is 0. The first-order valence-electron chi connectivity index (χ1n) is 6.57. The minimum atomic E-state index is 0.584. The Kier molecular flexibility index (Phi) is 4.81. The highest BCUT2D eigenvalue weighted by Crippen LogP contribution is 2.24. The van der Waals surface area contributed by atoms with E-state index in [9.17, 15) is 0 Å². The molecular weight excluding hydrogens is 236 g/mol. The van der Waals surface area contributed by atoms with Crippen LogP contribution >= 0.6 is 0 Å². The molecule has 0 spiro atoms. The van der Waals surface area contributed by atoms with Crippen LogP contribution in [0.5, 0.6) is 5.75 Å². The fourth-order valence-corrected chi connectivity index (χ4v) is 1.88. The van der Waals surface area contributed by atoms with Gasteiger partial charge < -0.3 is 15.8 Å². The zero-order chi connectivity index (χ0) is 13.5. The molecule has 0 radical (unpaired) electrons. The molecule has 3 N–H and O–H groups in total. The zero-order valence-electron chi connectivity index (χ0n) is 11.2.